The number of hydrogen-bond donors (Lipinski definition) is 1. The minimum atomic E-state index is -0.0304. The Kier molecular flexibility index (Phi) is 9.11. The van der Waals surface area contributed by atoms with Crippen LogP contribution in [0.1, 0.15) is 111 Å². The highest BCUT2D eigenvalue weighted by molar-refractivity contribution is 5.91. The summed E-state index contributed by atoms with van der Waals surface area (Å²) in [5, 5.41) is 3.67. The molecule has 1 N–H and O–H groups in total. The van der Waals surface area contributed by atoms with E-state index in [1.165, 1.54) is 63.4 Å². The summed E-state index contributed by atoms with van der Waals surface area (Å²) in [6, 6.07) is 8.67. The van der Waals surface area contributed by atoms with E-state index in [1.807, 2.05) is 0 Å². The SMILES string of the molecule is CC(=O)C1CC(C2CCCCCCCCC2)CC(C(C)=Nc2ccccc2C(C)(C)C)N1. The van der Waals surface area contributed by atoms with Gasteiger partial charge < -0.3 is 0 Å². The van der Waals surface area contributed by atoms with E-state index in [4.69, 9.17) is 4.99 Å². The lowest BCUT2D eigenvalue weighted by molar-refractivity contribution is -0.120. The number of para-hydroxylation sites is 1. The van der Waals surface area contributed by atoms with E-state index in [1.54, 1.807) is 6.92 Å². The van der Waals surface area contributed by atoms with Gasteiger partial charge in [-0.15, -0.1) is 0 Å². The Morgan fingerprint density at radius 2 is 1.41 bits per heavy atom. The predicted octanol–water partition coefficient (Wildman–Crippen LogP) is 7.54. The maximum atomic E-state index is 12.5. The normalized spacial score (nSPS) is 27.2. The van der Waals surface area contributed by atoms with Crippen LogP contribution in [0.2, 0.25) is 0 Å². The Morgan fingerprint density at radius 3 is 2.00 bits per heavy atom. The van der Waals surface area contributed by atoms with Crippen LogP contribution in [0.5, 0.6) is 0 Å². The zero-order valence-electron chi connectivity index (χ0n) is 21.3. The first-order valence-corrected chi connectivity index (χ1v) is 13.2. The number of rotatable bonds is 4. The number of benzene rings is 1. The number of piperidine rings is 1. The fourth-order valence-corrected chi connectivity index (χ4v) is 5.83. The van der Waals surface area contributed by atoms with Gasteiger partial charge in [0.25, 0.3) is 0 Å². The number of nitrogens with zero attached hydrogens (tertiary/aromatic N) is 1. The van der Waals surface area contributed by atoms with Crippen LogP contribution in [-0.2, 0) is 10.2 Å². The Balaban J connectivity index is 1.81. The highest BCUT2D eigenvalue weighted by Crippen LogP contribution is 2.37. The maximum absolute atomic E-state index is 12.5. The van der Waals surface area contributed by atoms with Gasteiger partial charge in [-0.25, -0.2) is 0 Å². The van der Waals surface area contributed by atoms with Crippen molar-refractivity contribution in [3.8, 4) is 0 Å². The molecule has 1 saturated carbocycles. The van der Waals surface area contributed by atoms with Crippen LogP contribution < -0.4 is 5.32 Å². The molecule has 3 heteroatoms. The standard InChI is InChI=1S/C29H46N2O/c1-21(30-26-18-14-13-17-25(26)29(3,4)5)27-19-24(20-28(31-27)22(2)32)23-15-11-9-7-6-8-10-12-16-23/h13-14,17-18,23-24,27-28,31H,6-12,15-16,19-20H2,1-5H3. The smallest absolute Gasteiger partial charge is 0.146 e. The zero-order chi connectivity index (χ0) is 23.1. The highest BCUT2D eigenvalue weighted by Gasteiger charge is 2.35. The molecule has 1 saturated heterocycles. The van der Waals surface area contributed by atoms with Gasteiger partial charge in [0.1, 0.15) is 5.78 Å². The fraction of sp³-hybridized carbons (Fsp3) is 0.724. The van der Waals surface area contributed by atoms with E-state index in [9.17, 15) is 4.79 Å². The van der Waals surface area contributed by atoms with Gasteiger partial charge in [0.15, 0.2) is 0 Å². The number of ketones is 1. The lowest BCUT2D eigenvalue weighted by atomic mass is 9.73. The molecule has 0 bridgehead atoms. The van der Waals surface area contributed by atoms with Crippen molar-refractivity contribution in [3.63, 3.8) is 0 Å². The van der Waals surface area contributed by atoms with E-state index < -0.39 is 0 Å². The minimum Gasteiger partial charge on any atom is -0.299 e. The Morgan fingerprint density at radius 1 is 0.844 bits per heavy atom. The van der Waals surface area contributed by atoms with Crippen molar-refractivity contribution >= 4 is 17.2 Å². The molecule has 1 aromatic carbocycles. The third kappa shape index (κ3) is 7.01. The lowest BCUT2D eigenvalue weighted by Crippen LogP contribution is -2.52. The summed E-state index contributed by atoms with van der Waals surface area (Å²) in [6.45, 7) is 10.7. The minimum absolute atomic E-state index is 0.0304. The van der Waals surface area contributed by atoms with Crippen LogP contribution in [0, 0.1) is 11.8 Å². The average Bonchev–Trinajstić information content (AvgIpc) is 2.76. The molecule has 0 amide bonds. The van der Waals surface area contributed by atoms with Crippen molar-refractivity contribution < 1.29 is 4.79 Å². The first kappa shape index (κ1) is 25.1. The first-order valence-electron chi connectivity index (χ1n) is 13.2. The van der Waals surface area contributed by atoms with Crippen molar-refractivity contribution in [2.45, 2.75) is 123 Å². The number of Topliss-reactive ketones (excluding diaryl/α,β-unsaturated/α-hetero) is 1. The Bertz CT molecular complexity index is 766. The van der Waals surface area contributed by atoms with Crippen LogP contribution in [0.15, 0.2) is 29.3 Å². The van der Waals surface area contributed by atoms with Gasteiger partial charge in [-0.05, 0) is 55.6 Å². The van der Waals surface area contributed by atoms with Crippen LogP contribution in [0.4, 0.5) is 5.69 Å². The largest absolute Gasteiger partial charge is 0.299 e. The van der Waals surface area contributed by atoms with E-state index in [2.05, 4.69) is 57.3 Å². The van der Waals surface area contributed by atoms with Gasteiger partial charge in [-0.2, -0.15) is 0 Å². The molecular formula is C29H46N2O. The van der Waals surface area contributed by atoms with Crippen LogP contribution in [-0.4, -0.2) is 23.6 Å². The topological polar surface area (TPSA) is 41.5 Å². The molecule has 1 aromatic rings. The molecule has 3 atom stereocenters. The molecule has 0 aromatic heterocycles. The number of carbonyl (C=O) groups is 1. The molecule has 1 aliphatic heterocycles. The zero-order valence-corrected chi connectivity index (χ0v) is 21.3. The molecule has 1 aliphatic carbocycles. The molecule has 32 heavy (non-hydrogen) atoms. The number of hydrogen-bond acceptors (Lipinski definition) is 3. The van der Waals surface area contributed by atoms with Crippen molar-refractivity contribution in [2.75, 3.05) is 0 Å². The van der Waals surface area contributed by atoms with Crippen molar-refractivity contribution in [2.24, 2.45) is 16.8 Å². The van der Waals surface area contributed by atoms with Gasteiger partial charge in [0, 0.05) is 11.8 Å². The Hall–Kier alpha value is -1.48. The summed E-state index contributed by atoms with van der Waals surface area (Å²) in [5.41, 5.74) is 3.53. The summed E-state index contributed by atoms with van der Waals surface area (Å²) in [6.07, 6.45) is 14.5. The molecule has 0 spiro atoms. The molecule has 1 heterocycles. The summed E-state index contributed by atoms with van der Waals surface area (Å²) in [7, 11) is 0. The van der Waals surface area contributed by atoms with Crippen molar-refractivity contribution in [1.29, 1.82) is 0 Å². The highest BCUT2D eigenvalue weighted by atomic mass is 16.1. The summed E-state index contributed by atoms with van der Waals surface area (Å²) < 4.78 is 0. The van der Waals surface area contributed by atoms with Gasteiger partial charge in [0.05, 0.1) is 11.7 Å². The quantitative estimate of drug-likeness (QED) is 0.493. The fourth-order valence-electron chi connectivity index (χ4n) is 5.83. The lowest BCUT2D eigenvalue weighted by Gasteiger charge is -2.39. The molecule has 3 rings (SSSR count). The van der Waals surface area contributed by atoms with E-state index >= 15 is 0 Å². The van der Waals surface area contributed by atoms with Crippen molar-refractivity contribution in [3.05, 3.63) is 29.8 Å². The molecular weight excluding hydrogens is 392 g/mol. The van der Waals surface area contributed by atoms with E-state index in [-0.39, 0.29) is 23.3 Å². The Labute approximate surface area is 196 Å². The van der Waals surface area contributed by atoms with Gasteiger partial charge in [-0.1, -0.05) is 96.8 Å². The summed E-state index contributed by atoms with van der Waals surface area (Å²) >= 11 is 0. The monoisotopic (exact) mass is 438 g/mol. The molecule has 3 unspecified atom stereocenters. The van der Waals surface area contributed by atoms with Crippen LogP contribution in [0.25, 0.3) is 0 Å². The third-order valence-electron chi connectivity index (χ3n) is 7.80. The molecule has 2 aliphatic rings. The second-order valence-corrected chi connectivity index (χ2v) is 11.4. The number of aliphatic imine (C=N–C) groups is 1. The van der Waals surface area contributed by atoms with Crippen molar-refractivity contribution in [1.82, 2.24) is 5.32 Å². The molecule has 2 fully saturated rings. The van der Waals surface area contributed by atoms with Gasteiger partial charge >= 0.3 is 0 Å². The van der Waals surface area contributed by atoms with Crippen LogP contribution >= 0.6 is 0 Å². The van der Waals surface area contributed by atoms with E-state index in [0.717, 1.165) is 30.2 Å². The molecule has 3 nitrogen and oxygen atoms in total. The van der Waals surface area contributed by atoms with Gasteiger partial charge in [0.2, 0.25) is 0 Å². The molecule has 178 valence electrons. The number of carbonyl (C=O) groups excluding carboxylic acids is 1. The average molecular weight is 439 g/mol. The summed E-state index contributed by atoms with van der Waals surface area (Å²) in [5.74, 6) is 1.66. The first-order chi connectivity index (χ1) is 15.3. The number of nitrogens with one attached hydrogen (secondary N) is 1. The third-order valence-corrected chi connectivity index (χ3v) is 7.80. The maximum Gasteiger partial charge on any atom is 0.146 e. The molecule has 0 radical (unpaired) electrons. The second kappa shape index (κ2) is 11.6. The van der Waals surface area contributed by atoms with Crippen LogP contribution in [0.3, 0.4) is 0 Å². The predicted molar refractivity (Wildman–Crippen MR) is 137 cm³/mol. The second-order valence-electron chi connectivity index (χ2n) is 11.4. The van der Waals surface area contributed by atoms with Gasteiger partial charge in [-0.3, -0.25) is 15.1 Å². The summed E-state index contributed by atoms with van der Waals surface area (Å²) in [4.78, 5) is 17.6. The van der Waals surface area contributed by atoms with E-state index in [0.29, 0.717) is 5.92 Å².